The minimum atomic E-state index is -0.319. The van der Waals surface area contributed by atoms with Crippen LogP contribution in [0.25, 0.3) is 33.4 Å². The number of hydrogen-bond donors (Lipinski definition) is 0. The molecule has 3 atom stereocenters. The van der Waals surface area contributed by atoms with Crippen LogP contribution < -0.4 is 4.90 Å². The van der Waals surface area contributed by atoms with E-state index in [1.54, 1.807) is 0 Å². The molecule has 0 amide bonds. The molecule has 0 aromatic heterocycles. The van der Waals surface area contributed by atoms with Gasteiger partial charge in [-0.2, -0.15) is 0 Å². The van der Waals surface area contributed by atoms with Crippen molar-refractivity contribution in [3.05, 3.63) is 167 Å². The van der Waals surface area contributed by atoms with Gasteiger partial charge in [-0.15, -0.1) is 0 Å². The summed E-state index contributed by atoms with van der Waals surface area (Å²) in [7, 11) is 0. The smallest absolute Gasteiger partial charge is 0.0725 e. The quantitative estimate of drug-likeness (QED) is 0.189. The molecule has 0 radical (unpaired) electrons. The predicted octanol–water partition coefficient (Wildman–Crippen LogP) is 11.7. The van der Waals surface area contributed by atoms with Crippen LogP contribution in [0.4, 0.5) is 11.4 Å². The van der Waals surface area contributed by atoms with Gasteiger partial charge in [0.25, 0.3) is 0 Å². The molecule has 47 heavy (non-hydrogen) atoms. The molecular formula is C46H39N. The van der Waals surface area contributed by atoms with Crippen molar-refractivity contribution in [2.45, 2.75) is 56.4 Å². The van der Waals surface area contributed by atoms with Gasteiger partial charge in [-0.05, 0) is 124 Å². The number of para-hydroxylation sites is 1. The summed E-state index contributed by atoms with van der Waals surface area (Å²) < 4.78 is 0. The largest absolute Gasteiger partial charge is 0.334 e. The first-order chi connectivity index (χ1) is 22.9. The van der Waals surface area contributed by atoms with Crippen LogP contribution in [0.2, 0.25) is 0 Å². The summed E-state index contributed by atoms with van der Waals surface area (Å²) in [6.45, 7) is 7.52. The van der Waals surface area contributed by atoms with Crippen LogP contribution in [-0.4, -0.2) is 5.54 Å². The molecule has 1 fully saturated rings. The van der Waals surface area contributed by atoms with Crippen molar-refractivity contribution >= 4 is 11.4 Å². The summed E-state index contributed by atoms with van der Waals surface area (Å²) in [6.07, 6.45) is 3.68. The summed E-state index contributed by atoms with van der Waals surface area (Å²) in [6, 6.07) is 53.1. The molecule has 0 bridgehead atoms. The Hall–Kier alpha value is -4.88. The van der Waals surface area contributed by atoms with E-state index in [0.29, 0.717) is 5.92 Å². The lowest BCUT2D eigenvalue weighted by Crippen LogP contribution is -2.56. The molecule has 3 unspecified atom stereocenters. The number of anilines is 2. The molecule has 6 aromatic carbocycles. The SMILES string of the molecule is CC1CCC2(C)c3cc(-c4ccc5c(c4)C4(c6ccccc6-c6ccccc64)c4ccccc4-5)ccc3N(c3ccccc3)C2(C)C1. The standard InChI is InChI=1S/C46H39N/c1-30-25-26-44(2)42-28-32(22-24-43(42)47(45(44,3)29-30)33-13-5-4-6-14-33)31-21-23-37-36-17-9-12-20-40(36)46(41(37)27-31)38-18-10-7-15-34(38)35-16-8-11-19-39(35)46/h4-24,27-28,30H,25-26,29H2,1-3H3. The molecule has 1 spiro atoms. The second-order valence-electron chi connectivity index (χ2n) is 15.0. The highest BCUT2D eigenvalue weighted by molar-refractivity contribution is 5.96. The Labute approximate surface area is 278 Å². The van der Waals surface area contributed by atoms with Crippen LogP contribution in [0, 0.1) is 5.92 Å². The number of benzene rings is 6. The predicted molar refractivity (Wildman–Crippen MR) is 196 cm³/mol. The summed E-state index contributed by atoms with van der Waals surface area (Å²) in [4.78, 5) is 2.68. The number of fused-ring (bicyclic) bond motifs is 13. The molecule has 0 saturated heterocycles. The minimum Gasteiger partial charge on any atom is -0.334 e. The molecule has 3 aliphatic carbocycles. The average Bonchev–Trinajstić information content (AvgIpc) is 3.65. The Morgan fingerprint density at radius 1 is 0.532 bits per heavy atom. The first kappa shape index (κ1) is 27.3. The molecule has 6 aromatic rings. The van der Waals surface area contributed by atoms with Gasteiger partial charge in [0.05, 0.1) is 11.0 Å². The Morgan fingerprint density at radius 3 is 1.66 bits per heavy atom. The zero-order valence-electron chi connectivity index (χ0n) is 27.4. The van der Waals surface area contributed by atoms with Crippen molar-refractivity contribution in [3.63, 3.8) is 0 Å². The average molecular weight is 606 g/mol. The van der Waals surface area contributed by atoms with E-state index in [4.69, 9.17) is 0 Å². The number of hydrogen-bond acceptors (Lipinski definition) is 1. The molecule has 0 N–H and O–H groups in total. The summed E-state index contributed by atoms with van der Waals surface area (Å²) >= 11 is 0. The van der Waals surface area contributed by atoms with Crippen molar-refractivity contribution in [2.24, 2.45) is 5.92 Å². The van der Waals surface area contributed by atoms with Crippen LogP contribution in [0.5, 0.6) is 0 Å². The first-order valence-corrected chi connectivity index (χ1v) is 17.4. The zero-order valence-corrected chi connectivity index (χ0v) is 27.4. The van der Waals surface area contributed by atoms with Gasteiger partial charge in [0.2, 0.25) is 0 Å². The third-order valence-electron chi connectivity index (χ3n) is 12.7. The van der Waals surface area contributed by atoms with Gasteiger partial charge in [0, 0.05) is 16.8 Å². The third kappa shape index (κ3) is 3.30. The topological polar surface area (TPSA) is 3.24 Å². The van der Waals surface area contributed by atoms with Gasteiger partial charge in [-0.3, -0.25) is 0 Å². The molecular weight excluding hydrogens is 567 g/mol. The lowest BCUT2D eigenvalue weighted by atomic mass is 9.59. The summed E-state index contributed by atoms with van der Waals surface area (Å²) in [5.41, 5.74) is 17.6. The van der Waals surface area contributed by atoms with Crippen LogP contribution >= 0.6 is 0 Å². The molecule has 1 heteroatoms. The van der Waals surface area contributed by atoms with Crippen molar-refractivity contribution in [2.75, 3.05) is 4.90 Å². The number of rotatable bonds is 2. The lowest BCUT2D eigenvalue weighted by Gasteiger charge is -2.52. The number of nitrogens with zero attached hydrogens (tertiary/aromatic N) is 1. The maximum Gasteiger partial charge on any atom is 0.0725 e. The molecule has 1 heterocycles. The normalized spacial score (nSPS) is 23.9. The fourth-order valence-corrected chi connectivity index (χ4v) is 10.5. The summed E-state index contributed by atoms with van der Waals surface area (Å²) in [5.74, 6) is 0.708. The highest BCUT2D eigenvalue weighted by Crippen LogP contribution is 2.64. The van der Waals surface area contributed by atoms with Crippen molar-refractivity contribution in [1.29, 1.82) is 0 Å². The van der Waals surface area contributed by atoms with E-state index in [9.17, 15) is 0 Å². The minimum absolute atomic E-state index is 0.0217. The van der Waals surface area contributed by atoms with Crippen molar-refractivity contribution < 1.29 is 0 Å². The Balaban J connectivity index is 1.19. The van der Waals surface area contributed by atoms with E-state index >= 15 is 0 Å². The molecule has 10 rings (SSSR count). The molecule has 1 nitrogen and oxygen atoms in total. The second kappa shape index (κ2) is 9.35. The highest BCUT2D eigenvalue weighted by atomic mass is 15.3. The van der Waals surface area contributed by atoms with Crippen LogP contribution in [-0.2, 0) is 10.8 Å². The van der Waals surface area contributed by atoms with E-state index in [1.165, 1.54) is 91.8 Å². The molecule has 228 valence electrons. The maximum atomic E-state index is 2.68. The van der Waals surface area contributed by atoms with Gasteiger partial charge >= 0.3 is 0 Å². The Morgan fingerprint density at radius 2 is 1.04 bits per heavy atom. The highest BCUT2D eigenvalue weighted by Gasteiger charge is 2.59. The van der Waals surface area contributed by atoms with Crippen LogP contribution in [0.15, 0.2) is 140 Å². The molecule has 1 aliphatic heterocycles. The van der Waals surface area contributed by atoms with E-state index in [-0.39, 0.29) is 16.4 Å². The second-order valence-corrected chi connectivity index (χ2v) is 15.0. The van der Waals surface area contributed by atoms with E-state index in [0.717, 1.165) is 0 Å². The summed E-state index contributed by atoms with van der Waals surface area (Å²) in [5, 5.41) is 0. The lowest BCUT2D eigenvalue weighted by molar-refractivity contribution is 0.154. The Kier molecular flexibility index (Phi) is 5.42. The van der Waals surface area contributed by atoms with Gasteiger partial charge < -0.3 is 4.90 Å². The zero-order chi connectivity index (χ0) is 31.5. The van der Waals surface area contributed by atoms with E-state index < -0.39 is 0 Å². The Bertz CT molecular complexity index is 2180. The maximum absolute atomic E-state index is 2.68. The van der Waals surface area contributed by atoms with Crippen molar-refractivity contribution in [3.8, 4) is 33.4 Å². The molecule has 1 saturated carbocycles. The van der Waals surface area contributed by atoms with Gasteiger partial charge in [-0.25, -0.2) is 0 Å². The van der Waals surface area contributed by atoms with Crippen LogP contribution in [0.1, 0.15) is 67.9 Å². The van der Waals surface area contributed by atoms with Gasteiger partial charge in [-0.1, -0.05) is 123 Å². The van der Waals surface area contributed by atoms with Crippen LogP contribution in [0.3, 0.4) is 0 Å². The van der Waals surface area contributed by atoms with E-state index in [2.05, 4.69) is 165 Å². The first-order valence-electron chi connectivity index (χ1n) is 17.4. The molecule has 4 aliphatic rings. The fourth-order valence-electron chi connectivity index (χ4n) is 10.5. The third-order valence-corrected chi connectivity index (χ3v) is 12.7. The van der Waals surface area contributed by atoms with Gasteiger partial charge in [0.15, 0.2) is 0 Å². The van der Waals surface area contributed by atoms with Gasteiger partial charge in [0.1, 0.15) is 0 Å². The van der Waals surface area contributed by atoms with Crippen molar-refractivity contribution in [1.82, 2.24) is 0 Å². The fraction of sp³-hybridized carbons (Fsp3) is 0.217. The van der Waals surface area contributed by atoms with E-state index in [1.807, 2.05) is 0 Å². The monoisotopic (exact) mass is 605 g/mol.